The summed E-state index contributed by atoms with van der Waals surface area (Å²) in [7, 11) is 3.03. The van der Waals surface area contributed by atoms with Crippen LogP contribution in [-0.2, 0) is 0 Å². The molecular weight excluding hydrogens is 544 g/mol. The summed E-state index contributed by atoms with van der Waals surface area (Å²) in [6.07, 6.45) is -2.15. The number of fused-ring (bicyclic) bond motifs is 2. The molecule has 4 N–H and O–H groups in total. The lowest BCUT2D eigenvalue weighted by Gasteiger charge is -2.42. The first-order valence-corrected chi connectivity index (χ1v) is 13.0. The molecule has 0 fully saturated rings. The van der Waals surface area contributed by atoms with Crippen LogP contribution >= 0.6 is 0 Å². The van der Waals surface area contributed by atoms with E-state index in [1.54, 1.807) is 48.5 Å². The first kappa shape index (κ1) is 26.8. The Bertz CT molecular complexity index is 1570. The van der Waals surface area contributed by atoms with E-state index in [1.807, 2.05) is 0 Å². The van der Waals surface area contributed by atoms with Gasteiger partial charge >= 0.3 is 0 Å². The molecule has 0 spiro atoms. The van der Waals surface area contributed by atoms with Crippen LogP contribution in [0.4, 0.5) is 0 Å². The maximum Gasteiger partial charge on any atom is 0.178 e. The molecule has 1 unspecified atom stereocenters. The van der Waals surface area contributed by atoms with Gasteiger partial charge in [-0.25, -0.2) is 0 Å². The van der Waals surface area contributed by atoms with Crippen LogP contribution in [0.15, 0.2) is 72.8 Å². The summed E-state index contributed by atoms with van der Waals surface area (Å²) in [4.78, 5) is 28.7. The van der Waals surface area contributed by atoms with Crippen molar-refractivity contribution >= 4 is 11.6 Å². The summed E-state index contributed by atoms with van der Waals surface area (Å²) in [5.74, 6) is -4.37. The Kier molecular flexibility index (Phi) is 6.53. The van der Waals surface area contributed by atoms with Gasteiger partial charge < -0.3 is 39.4 Å². The molecule has 214 valence electrons. The van der Waals surface area contributed by atoms with Crippen molar-refractivity contribution in [1.82, 2.24) is 0 Å². The summed E-state index contributed by atoms with van der Waals surface area (Å²) < 4.78 is 23.1. The molecule has 0 bridgehead atoms. The van der Waals surface area contributed by atoms with Gasteiger partial charge in [0.15, 0.2) is 11.6 Å². The monoisotopic (exact) mass is 570 g/mol. The fraction of sp³-hybridized carbons (Fsp3) is 0.188. The van der Waals surface area contributed by atoms with Gasteiger partial charge in [0.25, 0.3) is 0 Å². The molecule has 4 aromatic rings. The van der Waals surface area contributed by atoms with E-state index in [9.17, 15) is 30.0 Å². The van der Waals surface area contributed by atoms with E-state index < -0.39 is 47.1 Å². The van der Waals surface area contributed by atoms with Crippen molar-refractivity contribution in [3.8, 4) is 46.0 Å². The number of ketones is 2. The molecule has 2 aliphatic heterocycles. The van der Waals surface area contributed by atoms with Gasteiger partial charge in [0.1, 0.15) is 69.3 Å². The smallest absolute Gasteiger partial charge is 0.178 e. The molecule has 0 aromatic heterocycles. The van der Waals surface area contributed by atoms with E-state index in [1.165, 1.54) is 26.4 Å². The van der Waals surface area contributed by atoms with Gasteiger partial charge in [0.05, 0.1) is 26.1 Å². The van der Waals surface area contributed by atoms with Crippen LogP contribution in [0.2, 0.25) is 0 Å². The summed E-state index contributed by atoms with van der Waals surface area (Å²) in [6, 6.07) is 18.0. The molecule has 10 heteroatoms. The number of phenolic OH excluding ortho intramolecular Hbond substituents is 4. The lowest BCUT2D eigenvalue weighted by atomic mass is 9.69. The van der Waals surface area contributed by atoms with Crippen LogP contribution in [0.1, 0.15) is 44.1 Å². The average molecular weight is 571 g/mol. The average Bonchev–Trinajstić information content (AvgIpc) is 2.96. The van der Waals surface area contributed by atoms with Gasteiger partial charge in [-0.3, -0.25) is 9.59 Å². The van der Waals surface area contributed by atoms with Gasteiger partial charge in [0.2, 0.25) is 0 Å². The third-order valence-corrected chi connectivity index (χ3v) is 7.67. The molecule has 0 amide bonds. The number of ether oxygens (including phenoxy) is 4. The fourth-order valence-corrected chi connectivity index (χ4v) is 5.72. The van der Waals surface area contributed by atoms with Gasteiger partial charge in [-0.15, -0.1) is 0 Å². The predicted octanol–water partition coefficient (Wildman–Crippen LogP) is 5.09. The molecule has 6 rings (SSSR count). The Morgan fingerprint density at radius 1 is 0.571 bits per heavy atom. The highest BCUT2D eigenvalue weighted by Gasteiger charge is 2.53. The first-order chi connectivity index (χ1) is 20.2. The number of phenols is 4. The second-order valence-electron chi connectivity index (χ2n) is 10.1. The molecule has 2 heterocycles. The molecule has 4 atom stereocenters. The van der Waals surface area contributed by atoms with Crippen LogP contribution < -0.4 is 18.9 Å². The Labute approximate surface area is 239 Å². The minimum absolute atomic E-state index is 0.0482. The molecular formula is C32H26O10. The van der Waals surface area contributed by atoms with Crippen molar-refractivity contribution in [3.63, 3.8) is 0 Å². The van der Waals surface area contributed by atoms with E-state index in [2.05, 4.69) is 0 Å². The first-order valence-electron chi connectivity index (χ1n) is 13.0. The largest absolute Gasteiger partial charge is 0.508 e. The summed E-state index contributed by atoms with van der Waals surface area (Å²) in [5.41, 5.74) is 0.656. The van der Waals surface area contributed by atoms with E-state index in [4.69, 9.17) is 18.9 Å². The summed E-state index contributed by atoms with van der Waals surface area (Å²) in [5, 5.41) is 41.7. The molecule has 10 nitrogen and oxygen atoms in total. The molecule has 0 radical (unpaired) electrons. The topological polar surface area (TPSA) is 152 Å². The molecule has 0 saturated carbocycles. The Morgan fingerprint density at radius 3 is 1.26 bits per heavy atom. The molecule has 0 aliphatic carbocycles. The maximum absolute atomic E-state index is 14.4. The zero-order chi connectivity index (χ0) is 29.7. The Hall–Kier alpha value is -5.38. The van der Waals surface area contributed by atoms with Gasteiger partial charge in [-0.1, -0.05) is 24.3 Å². The van der Waals surface area contributed by atoms with Gasteiger partial charge in [-0.05, 0) is 35.4 Å². The van der Waals surface area contributed by atoms with Crippen LogP contribution in [0.5, 0.6) is 46.0 Å². The van der Waals surface area contributed by atoms with E-state index >= 15 is 0 Å². The predicted molar refractivity (Wildman–Crippen MR) is 148 cm³/mol. The number of aromatic hydroxyl groups is 4. The van der Waals surface area contributed by atoms with Gasteiger partial charge in [0, 0.05) is 24.3 Å². The van der Waals surface area contributed by atoms with E-state index in [0.29, 0.717) is 22.6 Å². The van der Waals surface area contributed by atoms with Crippen molar-refractivity contribution in [2.24, 2.45) is 11.8 Å². The lowest BCUT2D eigenvalue weighted by molar-refractivity contribution is 0.0129. The van der Waals surface area contributed by atoms with Crippen LogP contribution in [0, 0.1) is 11.8 Å². The van der Waals surface area contributed by atoms with Gasteiger partial charge in [-0.2, -0.15) is 0 Å². The van der Waals surface area contributed by atoms with Crippen LogP contribution in [0.3, 0.4) is 0 Å². The second kappa shape index (κ2) is 10.2. The molecule has 4 aromatic carbocycles. The molecule has 0 saturated heterocycles. The number of methoxy groups -OCH3 is 2. The highest BCUT2D eigenvalue weighted by molar-refractivity contribution is 6.11. The number of hydrogen-bond acceptors (Lipinski definition) is 10. The highest BCUT2D eigenvalue weighted by atomic mass is 16.5. The van der Waals surface area contributed by atoms with Crippen molar-refractivity contribution in [2.75, 3.05) is 14.2 Å². The normalized spacial score (nSPS) is 21.0. The third-order valence-electron chi connectivity index (χ3n) is 7.67. The SMILES string of the molecule is COc1ccc([C@H]2Oc3cc(O)cc(O)c3C(=O)C2[C@@H]2C(=O)c3c(O)cc(O)cc3O[C@@H]2c2ccc(OC)cc2)cc1. The quantitative estimate of drug-likeness (QED) is 0.255. The van der Waals surface area contributed by atoms with Crippen molar-refractivity contribution in [1.29, 1.82) is 0 Å². The minimum atomic E-state index is -1.26. The highest BCUT2D eigenvalue weighted by Crippen LogP contribution is 2.53. The number of benzene rings is 4. The second-order valence-corrected chi connectivity index (χ2v) is 10.1. The number of rotatable bonds is 5. The standard InChI is InChI=1S/C32H26O10/c1-39-19-7-3-15(4-8-19)31-27(29(37)25-21(35)11-17(33)13-23(25)41-31)28-30(38)26-22(36)12-18(34)14-24(26)42-32(28)16-5-9-20(40-2)10-6-16/h3-14,27-28,31-36H,1-2H3/t27-,28?,31-,32-/m1/s1. The Morgan fingerprint density at radius 2 is 0.929 bits per heavy atom. The number of carbonyl (C=O) groups excluding carboxylic acids is 2. The van der Waals surface area contributed by atoms with E-state index in [-0.39, 0.29) is 34.1 Å². The number of hydrogen-bond donors (Lipinski definition) is 4. The Balaban J connectivity index is 1.57. The van der Waals surface area contributed by atoms with Crippen molar-refractivity contribution in [2.45, 2.75) is 12.2 Å². The fourth-order valence-electron chi connectivity index (χ4n) is 5.72. The third kappa shape index (κ3) is 4.37. The summed E-state index contributed by atoms with van der Waals surface area (Å²) >= 11 is 0. The van der Waals surface area contributed by atoms with E-state index in [0.717, 1.165) is 12.1 Å². The molecule has 2 aliphatic rings. The van der Waals surface area contributed by atoms with Crippen LogP contribution in [0.25, 0.3) is 0 Å². The lowest BCUT2D eigenvalue weighted by Crippen LogP contribution is -2.45. The van der Waals surface area contributed by atoms with Crippen LogP contribution in [-0.4, -0.2) is 46.2 Å². The summed E-state index contributed by atoms with van der Waals surface area (Å²) in [6.45, 7) is 0. The zero-order valence-corrected chi connectivity index (χ0v) is 22.5. The zero-order valence-electron chi connectivity index (χ0n) is 22.5. The maximum atomic E-state index is 14.4. The number of carbonyl (C=O) groups is 2. The minimum Gasteiger partial charge on any atom is -0.508 e. The molecule has 42 heavy (non-hydrogen) atoms. The van der Waals surface area contributed by atoms with Crippen molar-refractivity contribution in [3.05, 3.63) is 95.1 Å². The van der Waals surface area contributed by atoms with Crippen molar-refractivity contribution < 1.29 is 49.0 Å². The number of Topliss-reactive ketones (excluding diaryl/α,β-unsaturated/α-hetero) is 2.